The molecule has 0 fully saturated rings. The van der Waals surface area contributed by atoms with E-state index < -0.39 is 5.97 Å². The molecule has 0 aliphatic rings. The van der Waals surface area contributed by atoms with Crippen molar-refractivity contribution in [1.82, 2.24) is 0 Å². The minimum atomic E-state index is -0.953. The summed E-state index contributed by atoms with van der Waals surface area (Å²) in [6, 6.07) is 11.6. The summed E-state index contributed by atoms with van der Waals surface area (Å²) in [6.07, 6.45) is 0. The van der Waals surface area contributed by atoms with Gasteiger partial charge < -0.3 is 14.8 Å². The number of anilines is 1. The highest BCUT2D eigenvalue weighted by atomic mass is 16.4. The first-order valence-electron chi connectivity index (χ1n) is 5.25. The zero-order chi connectivity index (χ0) is 13.0. The highest BCUT2D eigenvalue weighted by Gasteiger charge is 2.03. The van der Waals surface area contributed by atoms with Gasteiger partial charge in [0.05, 0.1) is 12.1 Å². The Balaban J connectivity index is 1.98. The molecule has 0 saturated carbocycles. The van der Waals surface area contributed by atoms with Crippen LogP contribution >= 0.6 is 0 Å². The van der Waals surface area contributed by atoms with Crippen molar-refractivity contribution in [2.75, 3.05) is 5.32 Å². The molecule has 2 N–H and O–H groups in total. The van der Waals surface area contributed by atoms with Gasteiger partial charge in [-0.15, -0.1) is 0 Å². The number of nitrogens with zero attached hydrogens (tertiary/aromatic N) is 1. The first-order valence-corrected chi connectivity index (χ1v) is 5.25. The van der Waals surface area contributed by atoms with Gasteiger partial charge in [-0.1, -0.05) is 0 Å². The highest BCUT2D eigenvalue weighted by Crippen LogP contribution is 2.12. The van der Waals surface area contributed by atoms with E-state index in [0.717, 1.165) is 5.69 Å². The first-order chi connectivity index (χ1) is 8.69. The van der Waals surface area contributed by atoms with Gasteiger partial charge in [-0.3, -0.25) is 0 Å². The lowest BCUT2D eigenvalue weighted by molar-refractivity contribution is 0.0697. The molecule has 0 aliphatic carbocycles. The van der Waals surface area contributed by atoms with Crippen molar-refractivity contribution in [3.05, 3.63) is 53.5 Å². The van der Waals surface area contributed by atoms with Gasteiger partial charge in [0, 0.05) is 5.69 Å². The van der Waals surface area contributed by atoms with Crippen LogP contribution in [0, 0.1) is 11.3 Å². The summed E-state index contributed by atoms with van der Waals surface area (Å²) >= 11 is 0. The van der Waals surface area contributed by atoms with E-state index in [2.05, 4.69) is 5.32 Å². The fraction of sp³-hybridized carbons (Fsp3) is 0.0769. The second-order valence-electron chi connectivity index (χ2n) is 3.61. The molecule has 0 spiro atoms. The van der Waals surface area contributed by atoms with Crippen LogP contribution in [0.15, 0.2) is 40.8 Å². The van der Waals surface area contributed by atoms with Gasteiger partial charge in [0.15, 0.2) is 0 Å². The van der Waals surface area contributed by atoms with Crippen LogP contribution in [-0.2, 0) is 6.54 Å². The summed E-state index contributed by atoms with van der Waals surface area (Å²) in [5.41, 5.74) is 1.03. The molecular weight excluding hydrogens is 232 g/mol. The number of nitrogens with one attached hydrogen (secondary N) is 1. The lowest BCUT2D eigenvalue weighted by Crippen LogP contribution is -2.00. The molecule has 0 radical (unpaired) electrons. The average molecular weight is 242 g/mol. The lowest BCUT2D eigenvalue weighted by Gasteiger charge is -2.04. The molecule has 1 aromatic carbocycles. The molecule has 0 saturated heterocycles. The summed E-state index contributed by atoms with van der Waals surface area (Å²) < 4.78 is 5.20. The Kier molecular flexibility index (Phi) is 3.30. The van der Waals surface area contributed by atoms with Crippen LogP contribution < -0.4 is 5.32 Å². The fourth-order valence-electron chi connectivity index (χ4n) is 1.45. The Morgan fingerprint density at radius 1 is 1.28 bits per heavy atom. The van der Waals surface area contributed by atoms with E-state index in [0.29, 0.717) is 12.3 Å². The van der Waals surface area contributed by atoms with Crippen molar-refractivity contribution >= 4 is 11.7 Å². The van der Waals surface area contributed by atoms with Gasteiger partial charge in [-0.05, 0) is 36.4 Å². The van der Waals surface area contributed by atoms with Crippen molar-refractivity contribution in [1.29, 1.82) is 5.26 Å². The van der Waals surface area contributed by atoms with E-state index in [1.165, 1.54) is 12.1 Å². The van der Waals surface area contributed by atoms with E-state index >= 15 is 0 Å². The van der Waals surface area contributed by atoms with E-state index in [-0.39, 0.29) is 11.3 Å². The van der Waals surface area contributed by atoms with Crippen LogP contribution in [0.25, 0.3) is 0 Å². The molecule has 1 heterocycles. The monoisotopic (exact) mass is 242 g/mol. The smallest absolute Gasteiger partial charge is 0.335 e. The van der Waals surface area contributed by atoms with Crippen LogP contribution in [0.2, 0.25) is 0 Å². The predicted octanol–water partition coefficient (Wildman–Crippen LogP) is 2.46. The number of hydrogen-bond acceptors (Lipinski definition) is 4. The number of nitriles is 1. The maximum Gasteiger partial charge on any atom is 0.335 e. The molecular formula is C13H10N2O3. The fourth-order valence-corrected chi connectivity index (χ4v) is 1.45. The van der Waals surface area contributed by atoms with Crippen LogP contribution in [0.1, 0.15) is 21.9 Å². The second-order valence-corrected chi connectivity index (χ2v) is 3.61. The third kappa shape index (κ3) is 2.68. The number of rotatable bonds is 4. The largest absolute Gasteiger partial charge is 0.478 e. The van der Waals surface area contributed by atoms with Crippen molar-refractivity contribution in [3.63, 3.8) is 0 Å². The molecule has 1 aromatic heterocycles. The molecule has 18 heavy (non-hydrogen) atoms. The Morgan fingerprint density at radius 3 is 2.56 bits per heavy atom. The van der Waals surface area contributed by atoms with Gasteiger partial charge in [-0.2, -0.15) is 5.26 Å². The SMILES string of the molecule is N#Cc1ccc(CNc2ccc(C(=O)O)cc2)o1. The Bertz CT molecular complexity index is 593. The van der Waals surface area contributed by atoms with Crippen molar-refractivity contribution in [2.45, 2.75) is 6.54 Å². The Hall–Kier alpha value is -2.74. The highest BCUT2D eigenvalue weighted by molar-refractivity contribution is 5.87. The lowest BCUT2D eigenvalue weighted by atomic mass is 10.2. The molecule has 0 unspecified atom stereocenters. The average Bonchev–Trinajstić information content (AvgIpc) is 2.85. The summed E-state index contributed by atoms with van der Waals surface area (Å²) in [5.74, 6) is -0.0341. The zero-order valence-corrected chi connectivity index (χ0v) is 9.38. The van der Waals surface area contributed by atoms with E-state index in [1.54, 1.807) is 24.3 Å². The molecule has 0 bridgehead atoms. The van der Waals surface area contributed by atoms with Crippen LogP contribution in [0.3, 0.4) is 0 Å². The molecule has 2 rings (SSSR count). The number of carbonyl (C=O) groups is 1. The first kappa shape index (κ1) is 11.7. The maximum absolute atomic E-state index is 10.7. The quantitative estimate of drug-likeness (QED) is 0.860. The maximum atomic E-state index is 10.7. The minimum absolute atomic E-state index is 0.241. The van der Waals surface area contributed by atoms with E-state index in [4.69, 9.17) is 14.8 Å². The number of carboxylic acid groups (broad SMARTS) is 1. The standard InChI is InChI=1S/C13H10N2O3/c14-7-11-5-6-12(18-11)8-15-10-3-1-9(2-4-10)13(16)17/h1-6,15H,8H2,(H,16,17). The van der Waals surface area contributed by atoms with Crippen molar-refractivity contribution in [2.24, 2.45) is 0 Å². The summed E-state index contributed by atoms with van der Waals surface area (Å²) in [5, 5.41) is 20.4. The van der Waals surface area contributed by atoms with Crippen LogP contribution in [0.4, 0.5) is 5.69 Å². The predicted molar refractivity (Wildman–Crippen MR) is 64.2 cm³/mol. The third-order valence-corrected chi connectivity index (χ3v) is 2.37. The van der Waals surface area contributed by atoms with Gasteiger partial charge in [0.25, 0.3) is 0 Å². The molecule has 0 aliphatic heterocycles. The van der Waals surface area contributed by atoms with Gasteiger partial charge >= 0.3 is 5.97 Å². The number of aromatic carboxylic acids is 1. The number of carboxylic acids is 1. The van der Waals surface area contributed by atoms with Gasteiger partial charge in [0.2, 0.25) is 5.76 Å². The normalized spacial score (nSPS) is 9.72. The topological polar surface area (TPSA) is 86.3 Å². The molecule has 0 amide bonds. The Labute approximate surface area is 103 Å². The van der Waals surface area contributed by atoms with E-state index in [9.17, 15) is 4.79 Å². The summed E-state index contributed by atoms with van der Waals surface area (Å²) in [4.78, 5) is 10.7. The molecule has 5 heteroatoms. The molecule has 5 nitrogen and oxygen atoms in total. The van der Waals surface area contributed by atoms with Gasteiger partial charge in [-0.25, -0.2) is 4.79 Å². The Morgan fingerprint density at radius 2 is 2.00 bits per heavy atom. The zero-order valence-electron chi connectivity index (χ0n) is 9.38. The third-order valence-electron chi connectivity index (χ3n) is 2.37. The number of furan rings is 1. The van der Waals surface area contributed by atoms with Crippen molar-refractivity contribution in [3.8, 4) is 6.07 Å². The van der Waals surface area contributed by atoms with Crippen LogP contribution in [0.5, 0.6) is 0 Å². The van der Waals surface area contributed by atoms with Crippen molar-refractivity contribution < 1.29 is 14.3 Å². The molecule has 0 atom stereocenters. The molecule has 2 aromatic rings. The van der Waals surface area contributed by atoms with E-state index in [1.807, 2.05) is 6.07 Å². The number of benzene rings is 1. The second kappa shape index (κ2) is 5.06. The molecule has 90 valence electrons. The van der Waals surface area contributed by atoms with Gasteiger partial charge in [0.1, 0.15) is 11.8 Å². The number of hydrogen-bond donors (Lipinski definition) is 2. The minimum Gasteiger partial charge on any atom is -0.478 e. The summed E-state index contributed by atoms with van der Waals surface area (Å²) in [7, 11) is 0. The summed E-state index contributed by atoms with van der Waals surface area (Å²) in [6.45, 7) is 0.439. The van der Waals surface area contributed by atoms with Crippen LogP contribution in [-0.4, -0.2) is 11.1 Å².